The molecule has 0 aliphatic carbocycles. The number of carbonyl (C=O) groups excluding carboxylic acids is 1. The summed E-state index contributed by atoms with van der Waals surface area (Å²) in [5.41, 5.74) is 1.25. The fourth-order valence-corrected chi connectivity index (χ4v) is 3.69. The summed E-state index contributed by atoms with van der Waals surface area (Å²) in [5, 5.41) is 0. The molecule has 0 bridgehead atoms. The highest BCUT2D eigenvalue weighted by atomic mass is 32.2. The van der Waals surface area contributed by atoms with Crippen LogP contribution in [0.3, 0.4) is 0 Å². The standard InChI is InChI=1S/C18H19FN2O4S/c1-13-6-8-14(9-7-13)26(23,24)20-18(22)21-10-11-25-17(12-21)15-4-2-3-5-16(15)19/h2-9,17H,10-12H2,1H3,(H,20,22). The molecule has 1 saturated heterocycles. The Bertz CT molecular complexity index is 900. The molecular weight excluding hydrogens is 359 g/mol. The molecule has 1 aliphatic rings. The van der Waals surface area contributed by atoms with Crippen molar-refractivity contribution in [1.82, 2.24) is 9.62 Å². The number of amides is 2. The van der Waals surface area contributed by atoms with Crippen LogP contribution in [0.1, 0.15) is 17.2 Å². The Hall–Kier alpha value is -2.45. The molecule has 1 aliphatic heterocycles. The molecule has 26 heavy (non-hydrogen) atoms. The summed E-state index contributed by atoms with van der Waals surface area (Å²) in [6, 6.07) is 11.6. The summed E-state index contributed by atoms with van der Waals surface area (Å²) in [4.78, 5) is 13.7. The van der Waals surface area contributed by atoms with Gasteiger partial charge in [0, 0.05) is 12.1 Å². The van der Waals surface area contributed by atoms with E-state index in [4.69, 9.17) is 4.74 Å². The summed E-state index contributed by atoms with van der Waals surface area (Å²) < 4.78 is 46.2. The molecule has 2 aromatic rings. The van der Waals surface area contributed by atoms with Gasteiger partial charge < -0.3 is 9.64 Å². The van der Waals surface area contributed by atoms with Crippen molar-refractivity contribution in [2.75, 3.05) is 19.7 Å². The lowest BCUT2D eigenvalue weighted by Gasteiger charge is -2.33. The number of rotatable bonds is 3. The van der Waals surface area contributed by atoms with E-state index in [-0.39, 0.29) is 24.6 Å². The van der Waals surface area contributed by atoms with Crippen LogP contribution in [-0.2, 0) is 14.8 Å². The molecule has 1 N–H and O–H groups in total. The van der Waals surface area contributed by atoms with Crippen LogP contribution in [0.2, 0.25) is 0 Å². The monoisotopic (exact) mass is 378 g/mol. The SMILES string of the molecule is Cc1ccc(S(=O)(=O)NC(=O)N2CCOC(c3ccccc3F)C2)cc1. The van der Waals surface area contributed by atoms with Crippen molar-refractivity contribution in [1.29, 1.82) is 0 Å². The van der Waals surface area contributed by atoms with E-state index in [1.165, 1.54) is 23.1 Å². The van der Waals surface area contributed by atoms with Crippen molar-refractivity contribution < 1.29 is 22.3 Å². The molecule has 1 unspecified atom stereocenters. The summed E-state index contributed by atoms with van der Waals surface area (Å²) in [7, 11) is -3.97. The molecule has 3 rings (SSSR count). The highest BCUT2D eigenvalue weighted by Crippen LogP contribution is 2.24. The minimum Gasteiger partial charge on any atom is -0.370 e. The molecule has 0 saturated carbocycles. The van der Waals surface area contributed by atoms with Crippen molar-refractivity contribution in [3.63, 3.8) is 0 Å². The molecule has 2 amide bonds. The van der Waals surface area contributed by atoms with Crippen molar-refractivity contribution in [3.05, 3.63) is 65.5 Å². The second-order valence-corrected chi connectivity index (χ2v) is 7.73. The quantitative estimate of drug-likeness (QED) is 0.891. The Morgan fingerprint density at radius 1 is 1.19 bits per heavy atom. The van der Waals surface area contributed by atoms with Gasteiger partial charge >= 0.3 is 6.03 Å². The number of ether oxygens (including phenoxy) is 1. The number of aryl methyl sites for hydroxylation is 1. The van der Waals surface area contributed by atoms with Crippen molar-refractivity contribution >= 4 is 16.1 Å². The zero-order valence-corrected chi connectivity index (χ0v) is 15.0. The Kier molecular flexibility index (Phi) is 5.24. The van der Waals surface area contributed by atoms with E-state index in [2.05, 4.69) is 4.72 Å². The van der Waals surface area contributed by atoms with Gasteiger partial charge in [-0.05, 0) is 25.1 Å². The van der Waals surface area contributed by atoms with Gasteiger partial charge in [0.25, 0.3) is 10.0 Å². The summed E-state index contributed by atoms with van der Waals surface area (Å²) >= 11 is 0. The highest BCUT2D eigenvalue weighted by molar-refractivity contribution is 7.90. The summed E-state index contributed by atoms with van der Waals surface area (Å²) in [6.45, 7) is 2.32. The van der Waals surface area contributed by atoms with Crippen LogP contribution in [0.5, 0.6) is 0 Å². The fourth-order valence-electron chi connectivity index (χ4n) is 2.71. The first-order valence-electron chi connectivity index (χ1n) is 8.11. The third-order valence-corrected chi connectivity index (χ3v) is 5.49. The second kappa shape index (κ2) is 7.43. The molecule has 2 aromatic carbocycles. The smallest absolute Gasteiger partial charge is 0.331 e. The number of halogens is 1. The highest BCUT2D eigenvalue weighted by Gasteiger charge is 2.29. The van der Waals surface area contributed by atoms with E-state index in [1.54, 1.807) is 30.3 Å². The second-order valence-electron chi connectivity index (χ2n) is 6.05. The minimum absolute atomic E-state index is 0.00960. The Balaban J connectivity index is 1.71. The summed E-state index contributed by atoms with van der Waals surface area (Å²) in [6.07, 6.45) is -0.641. The molecule has 0 spiro atoms. The van der Waals surface area contributed by atoms with Crippen LogP contribution >= 0.6 is 0 Å². The Labute approximate surface area is 151 Å². The lowest BCUT2D eigenvalue weighted by atomic mass is 10.1. The zero-order chi connectivity index (χ0) is 18.7. The van der Waals surface area contributed by atoms with Crippen LogP contribution in [0.4, 0.5) is 9.18 Å². The number of hydrogen-bond acceptors (Lipinski definition) is 4. The van der Waals surface area contributed by atoms with Crippen molar-refractivity contribution in [2.45, 2.75) is 17.9 Å². The maximum Gasteiger partial charge on any atom is 0.331 e. The number of urea groups is 1. The first-order valence-corrected chi connectivity index (χ1v) is 9.59. The van der Waals surface area contributed by atoms with Crippen LogP contribution in [0, 0.1) is 12.7 Å². The maximum absolute atomic E-state index is 13.9. The largest absolute Gasteiger partial charge is 0.370 e. The van der Waals surface area contributed by atoms with E-state index in [9.17, 15) is 17.6 Å². The number of sulfonamides is 1. The van der Waals surface area contributed by atoms with E-state index in [0.717, 1.165) is 5.56 Å². The van der Waals surface area contributed by atoms with Gasteiger partial charge in [-0.3, -0.25) is 0 Å². The lowest BCUT2D eigenvalue weighted by Crippen LogP contribution is -2.48. The van der Waals surface area contributed by atoms with Crippen LogP contribution in [0.25, 0.3) is 0 Å². The molecule has 138 valence electrons. The number of hydrogen-bond donors (Lipinski definition) is 1. The van der Waals surface area contributed by atoms with E-state index in [1.807, 2.05) is 6.92 Å². The average molecular weight is 378 g/mol. The third-order valence-electron chi connectivity index (χ3n) is 4.16. The topological polar surface area (TPSA) is 75.7 Å². The molecular formula is C18H19FN2O4S. The number of benzene rings is 2. The van der Waals surface area contributed by atoms with Crippen LogP contribution in [0.15, 0.2) is 53.4 Å². The predicted octanol–water partition coefficient (Wildman–Crippen LogP) is 2.61. The molecule has 1 heterocycles. The van der Waals surface area contributed by atoms with Gasteiger partial charge in [-0.25, -0.2) is 22.3 Å². The first kappa shape index (κ1) is 18.3. The molecule has 0 radical (unpaired) electrons. The van der Waals surface area contributed by atoms with Crippen LogP contribution in [-0.4, -0.2) is 39.0 Å². The fraction of sp³-hybridized carbons (Fsp3) is 0.278. The molecule has 8 heteroatoms. The van der Waals surface area contributed by atoms with Crippen LogP contribution < -0.4 is 4.72 Å². The minimum atomic E-state index is -3.97. The van der Waals surface area contributed by atoms with E-state index < -0.39 is 28.0 Å². The van der Waals surface area contributed by atoms with E-state index >= 15 is 0 Å². The van der Waals surface area contributed by atoms with Gasteiger partial charge in [0.05, 0.1) is 18.0 Å². The lowest BCUT2D eigenvalue weighted by molar-refractivity contribution is -0.0164. The Morgan fingerprint density at radius 3 is 2.58 bits per heavy atom. The first-order chi connectivity index (χ1) is 12.4. The van der Waals surface area contributed by atoms with Gasteiger partial charge in [-0.15, -0.1) is 0 Å². The van der Waals surface area contributed by atoms with Crippen molar-refractivity contribution in [2.24, 2.45) is 0 Å². The summed E-state index contributed by atoms with van der Waals surface area (Å²) in [5.74, 6) is -0.424. The van der Waals surface area contributed by atoms with Gasteiger partial charge in [0.1, 0.15) is 11.9 Å². The Morgan fingerprint density at radius 2 is 1.88 bits per heavy atom. The third kappa shape index (κ3) is 4.03. The van der Waals surface area contributed by atoms with Gasteiger partial charge in [0.15, 0.2) is 0 Å². The number of carbonyl (C=O) groups is 1. The molecule has 1 atom stereocenters. The van der Waals surface area contributed by atoms with Gasteiger partial charge in [0.2, 0.25) is 0 Å². The number of nitrogens with one attached hydrogen (secondary N) is 1. The maximum atomic E-state index is 13.9. The van der Waals surface area contributed by atoms with Gasteiger partial charge in [-0.2, -0.15) is 0 Å². The average Bonchev–Trinajstić information content (AvgIpc) is 2.62. The molecule has 1 fully saturated rings. The number of morpholine rings is 1. The van der Waals surface area contributed by atoms with Crippen molar-refractivity contribution in [3.8, 4) is 0 Å². The van der Waals surface area contributed by atoms with Gasteiger partial charge in [-0.1, -0.05) is 35.9 Å². The number of nitrogens with zero attached hydrogens (tertiary/aromatic N) is 1. The molecule has 0 aromatic heterocycles. The predicted molar refractivity (Wildman–Crippen MR) is 93.6 cm³/mol. The zero-order valence-electron chi connectivity index (χ0n) is 14.2. The van der Waals surface area contributed by atoms with E-state index in [0.29, 0.717) is 5.56 Å². The molecule has 6 nitrogen and oxygen atoms in total. The normalized spacial score (nSPS) is 17.8.